The number of rotatable bonds is 0. The number of hydrogen-bond donors (Lipinski definition) is 1. The first kappa shape index (κ1) is 14.1. The molecule has 5 heteroatoms. The van der Waals surface area contributed by atoms with Crippen molar-refractivity contribution in [3.63, 3.8) is 0 Å². The SMILES string of the molecule is CC(C)(C)OC(=O)N1[C@H]2CC[C@H]1CC1(CNCCO1)C2. The first-order valence-corrected chi connectivity index (χ1v) is 7.75. The van der Waals surface area contributed by atoms with Crippen LogP contribution in [0.4, 0.5) is 4.79 Å². The van der Waals surface area contributed by atoms with E-state index in [2.05, 4.69) is 5.32 Å². The number of nitrogens with zero attached hydrogens (tertiary/aromatic N) is 1. The summed E-state index contributed by atoms with van der Waals surface area (Å²) in [6.07, 6.45) is 3.89. The van der Waals surface area contributed by atoms with Gasteiger partial charge in [0, 0.05) is 25.2 Å². The van der Waals surface area contributed by atoms with Gasteiger partial charge in [0.15, 0.2) is 0 Å². The van der Waals surface area contributed by atoms with Gasteiger partial charge in [-0.05, 0) is 46.5 Å². The molecule has 1 spiro atoms. The minimum absolute atomic E-state index is 0.0530. The Labute approximate surface area is 121 Å². The van der Waals surface area contributed by atoms with Crippen molar-refractivity contribution in [2.24, 2.45) is 0 Å². The molecule has 0 unspecified atom stereocenters. The van der Waals surface area contributed by atoms with E-state index in [4.69, 9.17) is 9.47 Å². The van der Waals surface area contributed by atoms with Crippen molar-refractivity contribution in [1.82, 2.24) is 10.2 Å². The first-order chi connectivity index (χ1) is 9.39. The highest BCUT2D eigenvalue weighted by Crippen LogP contribution is 2.43. The number of hydrogen-bond acceptors (Lipinski definition) is 4. The number of ether oxygens (including phenoxy) is 2. The maximum Gasteiger partial charge on any atom is 0.410 e. The van der Waals surface area contributed by atoms with Gasteiger partial charge in [-0.3, -0.25) is 0 Å². The smallest absolute Gasteiger partial charge is 0.410 e. The summed E-state index contributed by atoms with van der Waals surface area (Å²) in [5.41, 5.74) is -0.475. The highest BCUT2D eigenvalue weighted by atomic mass is 16.6. The molecule has 0 radical (unpaired) electrons. The Bertz CT molecular complexity index is 369. The van der Waals surface area contributed by atoms with Crippen molar-refractivity contribution in [3.05, 3.63) is 0 Å². The number of nitrogens with one attached hydrogen (secondary N) is 1. The molecule has 114 valence electrons. The van der Waals surface area contributed by atoms with E-state index < -0.39 is 5.60 Å². The largest absolute Gasteiger partial charge is 0.444 e. The molecule has 2 bridgehead atoms. The Kier molecular flexibility index (Phi) is 3.45. The highest BCUT2D eigenvalue weighted by Gasteiger charge is 2.52. The summed E-state index contributed by atoms with van der Waals surface area (Å²) >= 11 is 0. The topological polar surface area (TPSA) is 50.8 Å². The van der Waals surface area contributed by atoms with Gasteiger partial charge in [-0.15, -0.1) is 0 Å². The quantitative estimate of drug-likeness (QED) is 0.737. The summed E-state index contributed by atoms with van der Waals surface area (Å²) < 4.78 is 11.6. The van der Waals surface area contributed by atoms with Crippen molar-refractivity contribution < 1.29 is 14.3 Å². The summed E-state index contributed by atoms with van der Waals surface area (Å²) in [7, 11) is 0. The predicted octanol–water partition coefficient (Wildman–Crippen LogP) is 1.91. The molecule has 3 rings (SSSR count). The molecule has 3 fully saturated rings. The molecule has 0 saturated carbocycles. The maximum absolute atomic E-state index is 12.4. The normalized spacial score (nSPS) is 37.2. The Balaban J connectivity index is 1.70. The van der Waals surface area contributed by atoms with Crippen LogP contribution >= 0.6 is 0 Å². The van der Waals surface area contributed by atoms with E-state index in [1.807, 2.05) is 25.7 Å². The molecule has 3 aliphatic rings. The second-order valence-corrected chi connectivity index (χ2v) is 7.39. The molecule has 5 nitrogen and oxygen atoms in total. The molecule has 20 heavy (non-hydrogen) atoms. The van der Waals surface area contributed by atoms with Gasteiger partial charge in [0.1, 0.15) is 5.60 Å². The molecule has 3 saturated heterocycles. The Morgan fingerprint density at radius 2 is 1.95 bits per heavy atom. The van der Waals surface area contributed by atoms with Crippen molar-refractivity contribution in [2.45, 2.75) is 69.7 Å². The fraction of sp³-hybridized carbons (Fsp3) is 0.933. The van der Waals surface area contributed by atoms with Crippen LogP contribution < -0.4 is 5.32 Å². The third-order valence-electron chi connectivity index (χ3n) is 4.57. The fourth-order valence-electron chi connectivity index (χ4n) is 3.89. The van der Waals surface area contributed by atoms with E-state index in [0.717, 1.165) is 45.4 Å². The molecule has 0 aromatic heterocycles. The molecule has 1 N–H and O–H groups in total. The molecule has 0 aromatic rings. The molecule has 0 aliphatic carbocycles. The van der Waals surface area contributed by atoms with E-state index in [-0.39, 0.29) is 23.8 Å². The summed E-state index contributed by atoms with van der Waals surface area (Å²) in [6, 6.07) is 0.562. The number of carbonyl (C=O) groups is 1. The zero-order chi connectivity index (χ0) is 14.4. The minimum atomic E-state index is -0.422. The van der Waals surface area contributed by atoms with Crippen molar-refractivity contribution in [3.8, 4) is 0 Å². The summed E-state index contributed by atoms with van der Waals surface area (Å²) in [6.45, 7) is 8.41. The number of fused-ring (bicyclic) bond motifs is 2. The van der Waals surface area contributed by atoms with Crippen LogP contribution in [0.2, 0.25) is 0 Å². The van der Waals surface area contributed by atoms with Crippen molar-refractivity contribution >= 4 is 6.09 Å². The van der Waals surface area contributed by atoms with Crippen LogP contribution in [-0.4, -0.2) is 54.0 Å². The maximum atomic E-state index is 12.4. The zero-order valence-electron chi connectivity index (χ0n) is 12.8. The van der Waals surface area contributed by atoms with Crippen LogP contribution in [-0.2, 0) is 9.47 Å². The van der Waals surface area contributed by atoms with Crippen LogP contribution in [0.1, 0.15) is 46.5 Å². The van der Waals surface area contributed by atoms with E-state index in [9.17, 15) is 4.79 Å². The number of amides is 1. The average Bonchev–Trinajstić information content (AvgIpc) is 2.62. The van der Waals surface area contributed by atoms with Crippen LogP contribution in [0.5, 0.6) is 0 Å². The average molecular weight is 282 g/mol. The first-order valence-electron chi connectivity index (χ1n) is 7.75. The Morgan fingerprint density at radius 1 is 1.30 bits per heavy atom. The van der Waals surface area contributed by atoms with E-state index in [0.29, 0.717) is 0 Å². The lowest BCUT2D eigenvalue weighted by Crippen LogP contribution is -2.60. The lowest BCUT2D eigenvalue weighted by Gasteiger charge is -2.48. The van der Waals surface area contributed by atoms with E-state index in [1.54, 1.807) is 0 Å². The third kappa shape index (κ3) is 2.66. The Morgan fingerprint density at radius 3 is 2.45 bits per heavy atom. The number of piperidine rings is 1. The highest BCUT2D eigenvalue weighted by molar-refractivity contribution is 5.69. The molecular formula is C15H26N2O3. The third-order valence-corrected chi connectivity index (χ3v) is 4.57. The number of carbonyl (C=O) groups excluding carboxylic acids is 1. The summed E-state index contributed by atoms with van der Waals surface area (Å²) in [5.74, 6) is 0. The van der Waals surface area contributed by atoms with Crippen LogP contribution in [0.25, 0.3) is 0 Å². The van der Waals surface area contributed by atoms with Crippen LogP contribution in [0.3, 0.4) is 0 Å². The molecule has 0 aromatic carbocycles. The molecule has 3 aliphatic heterocycles. The summed E-state index contributed by atoms with van der Waals surface area (Å²) in [5, 5.41) is 3.44. The lowest BCUT2D eigenvalue weighted by atomic mass is 9.85. The van der Waals surface area contributed by atoms with Gasteiger partial charge in [-0.25, -0.2) is 4.79 Å². The van der Waals surface area contributed by atoms with Crippen molar-refractivity contribution in [2.75, 3.05) is 19.7 Å². The second kappa shape index (κ2) is 4.88. The van der Waals surface area contributed by atoms with E-state index >= 15 is 0 Å². The van der Waals surface area contributed by atoms with Crippen molar-refractivity contribution in [1.29, 1.82) is 0 Å². The van der Waals surface area contributed by atoms with Gasteiger partial charge in [-0.1, -0.05) is 0 Å². The molecule has 3 heterocycles. The van der Waals surface area contributed by atoms with Crippen LogP contribution in [0.15, 0.2) is 0 Å². The predicted molar refractivity (Wildman–Crippen MR) is 75.7 cm³/mol. The molecule has 1 amide bonds. The second-order valence-electron chi connectivity index (χ2n) is 7.39. The molecular weight excluding hydrogens is 256 g/mol. The standard InChI is InChI=1S/C15H26N2O3/c1-14(2,3)20-13(18)17-11-4-5-12(17)9-15(8-11)10-16-6-7-19-15/h11-12,16H,4-10H2,1-3H3/t11-,12-/m0/s1. The van der Waals surface area contributed by atoms with Gasteiger partial charge in [0.05, 0.1) is 12.2 Å². The van der Waals surface area contributed by atoms with Crippen LogP contribution in [0, 0.1) is 0 Å². The fourth-order valence-corrected chi connectivity index (χ4v) is 3.89. The van der Waals surface area contributed by atoms with Gasteiger partial charge in [0.25, 0.3) is 0 Å². The zero-order valence-corrected chi connectivity index (χ0v) is 12.8. The minimum Gasteiger partial charge on any atom is -0.444 e. The van der Waals surface area contributed by atoms with Gasteiger partial charge >= 0.3 is 6.09 Å². The van der Waals surface area contributed by atoms with Gasteiger partial charge in [0.2, 0.25) is 0 Å². The van der Waals surface area contributed by atoms with Gasteiger partial charge < -0.3 is 19.7 Å². The number of morpholine rings is 1. The lowest BCUT2D eigenvalue weighted by molar-refractivity contribution is -0.116. The monoisotopic (exact) mass is 282 g/mol. The van der Waals surface area contributed by atoms with E-state index in [1.165, 1.54) is 0 Å². The Hall–Kier alpha value is -0.810. The molecule has 2 atom stereocenters. The summed E-state index contributed by atoms with van der Waals surface area (Å²) in [4.78, 5) is 14.4. The van der Waals surface area contributed by atoms with Gasteiger partial charge in [-0.2, -0.15) is 0 Å².